The Balaban J connectivity index is 1.65. The number of hydrogen-bond acceptors (Lipinski definition) is 6. The Morgan fingerprint density at radius 2 is 1.87 bits per heavy atom. The molecule has 0 atom stereocenters. The highest BCUT2D eigenvalue weighted by atomic mass is 19.1. The molecular formula is C23H19FN4O3. The number of rotatable bonds is 7. The molecule has 0 fully saturated rings. The molecule has 0 spiro atoms. The van der Waals surface area contributed by atoms with Crippen molar-refractivity contribution >= 4 is 29.0 Å². The zero-order valence-electron chi connectivity index (χ0n) is 16.7. The second kappa shape index (κ2) is 9.08. The van der Waals surface area contributed by atoms with Gasteiger partial charge in [0, 0.05) is 18.1 Å². The van der Waals surface area contributed by atoms with Gasteiger partial charge in [0.05, 0.1) is 31.1 Å². The van der Waals surface area contributed by atoms with E-state index in [9.17, 15) is 9.18 Å². The van der Waals surface area contributed by atoms with Crippen LogP contribution in [0.4, 0.5) is 27.5 Å². The van der Waals surface area contributed by atoms with Crippen molar-refractivity contribution in [1.29, 1.82) is 0 Å². The molecule has 0 aliphatic carbocycles. The molecule has 2 aromatic heterocycles. The third-order valence-electron chi connectivity index (χ3n) is 4.51. The lowest BCUT2D eigenvalue weighted by Crippen LogP contribution is -2.16. The lowest BCUT2D eigenvalue weighted by molar-refractivity contribution is -0.115. The monoisotopic (exact) mass is 418 g/mol. The number of methoxy groups -OCH3 is 1. The van der Waals surface area contributed by atoms with Crippen LogP contribution >= 0.6 is 0 Å². The molecule has 0 aliphatic heterocycles. The molecule has 0 radical (unpaired) electrons. The largest absolute Gasteiger partial charge is 0.495 e. The number of ether oxygens (including phenoxy) is 1. The van der Waals surface area contributed by atoms with Crippen LogP contribution < -0.4 is 15.0 Å². The molecule has 8 heteroatoms. The van der Waals surface area contributed by atoms with Gasteiger partial charge in [0.25, 0.3) is 0 Å². The van der Waals surface area contributed by atoms with Gasteiger partial charge in [0.1, 0.15) is 17.8 Å². The highest BCUT2D eigenvalue weighted by Gasteiger charge is 2.21. The summed E-state index contributed by atoms with van der Waals surface area (Å²) < 4.78 is 24.2. The van der Waals surface area contributed by atoms with E-state index in [0.717, 1.165) is 5.69 Å². The first-order valence-electron chi connectivity index (χ1n) is 9.46. The van der Waals surface area contributed by atoms with Crippen molar-refractivity contribution in [2.75, 3.05) is 17.3 Å². The zero-order chi connectivity index (χ0) is 21.6. The Morgan fingerprint density at radius 1 is 1.10 bits per heavy atom. The van der Waals surface area contributed by atoms with E-state index in [-0.39, 0.29) is 18.1 Å². The van der Waals surface area contributed by atoms with Gasteiger partial charge in [-0.25, -0.2) is 9.37 Å². The van der Waals surface area contributed by atoms with Crippen LogP contribution in [0.25, 0.3) is 0 Å². The van der Waals surface area contributed by atoms with Crippen molar-refractivity contribution in [3.05, 3.63) is 90.8 Å². The van der Waals surface area contributed by atoms with Gasteiger partial charge in [0.15, 0.2) is 0 Å². The molecule has 0 saturated heterocycles. The first kappa shape index (κ1) is 20.1. The van der Waals surface area contributed by atoms with Crippen LogP contribution in [-0.2, 0) is 11.2 Å². The molecule has 0 aliphatic rings. The average Bonchev–Trinajstić information content (AvgIpc) is 3.31. The molecule has 31 heavy (non-hydrogen) atoms. The van der Waals surface area contributed by atoms with Gasteiger partial charge in [-0.1, -0.05) is 12.1 Å². The SMILES string of the molecule is COc1ccc(NC(=O)Cc2ccc(F)cc2)cc1N(c1ccncc1)c1ncco1. The zero-order valence-corrected chi connectivity index (χ0v) is 16.7. The molecule has 0 unspecified atom stereocenters. The molecule has 4 aromatic rings. The molecular weight excluding hydrogens is 399 g/mol. The first-order chi connectivity index (χ1) is 15.1. The van der Waals surface area contributed by atoms with Gasteiger partial charge in [0.2, 0.25) is 5.91 Å². The fourth-order valence-electron chi connectivity index (χ4n) is 3.11. The van der Waals surface area contributed by atoms with Gasteiger partial charge in [-0.3, -0.25) is 14.7 Å². The number of benzene rings is 2. The summed E-state index contributed by atoms with van der Waals surface area (Å²) in [4.78, 5) is 22.6. The topological polar surface area (TPSA) is 80.5 Å². The number of oxazole rings is 1. The number of amides is 1. The predicted octanol–water partition coefficient (Wildman–Crippen LogP) is 4.87. The van der Waals surface area contributed by atoms with Crippen molar-refractivity contribution in [3.63, 3.8) is 0 Å². The van der Waals surface area contributed by atoms with Crippen LogP contribution in [-0.4, -0.2) is 23.0 Å². The maximum atomic E-state index is 13.1. The molecule has 156 valence electrons. The number of carbonyl (C=O) groups is 1. The Labute approximate surface area is 178 Å². The predicted molar refractivity (Wildman–Crippen MR) is 114 cm³/mol. The minimum Gasteiger partial charge on any atom is -0.495 e. The summed E-state index contributed by atoms with van der Waals surface area (Å²) in [5.41, 5.74) is 2.65. The summed E-state index contributed by atoms with van der Waals surface area (Å²) in [7, 11) is 1.56. The van der Waals surface area contributed by atoms with Gasteiger partial charge in [-0.2, -0.15) is 0 Å². The van der Waals surface area contributed by atoms with E-state index in [2.05, 4.69) is 15.3 Å². The lowest BCUT2D eigenvalue weighted by atomic mass is 10.1. The Hall–Kier alpha value is -4.20. The maximum absolute atomic E-state index is 13.1. The number of anilines is 4. The standard InChI is InChI=1S/C23H19FN4O3/c1-30-21-7-6-18(27-22(29)14-16-2-4-17(24)5-3-16)15-20(21)28(23-26-12-13-31-23)19-8-10-25-11-9-19/h2-13,15H,14H2,1H3,(H,27,29). The maximum Gasteiger partial charge on any atom is 0.306 e. The second-order valence-corrected chi connectivity index (χ2v) is 6.59. The molecule has 2 heterocycles. The number of carbonyl (C=O) groups excluding carboxylic acids is 1. The number of halogens is 1. The molecule has 4 rings (SSSR count). The van der Waals surface area contributed by atoms with E-state index in [0.29, 0.717) is 28.7 Å². The van der Waals surface area contributed by atoms with E-state index in [4.69, 9.17) is 9.15 Å². The fourth-order valence-corrected chi connectivity index (χ4v) is 3.11. The number of nitrogens with zero attached hydrogens (tertiary/aromatic N) is 3. The number of pyridine rings is 1. The molecule has 7 nitrogen and oxygen atoms in total. The van der Waals surface area contributed by atoms with E-state index in [1.54, 1.807) is 60.9 Å². The van der Waals surface area contributed by atoms with E-state index in [1.807, 2.05) is 12.1 Å². The normalized spacial score (nSPS) is 10.5. The summed E-state index contributed by atoms with van der Waals surface area (Å²) in [6.45, 7) is 0. The summed E-state index contributed by atoms with van der Waals surface area (Å²) in [6, 6.07) is 15.0. The van der Waals surface area contributed by atoms with Gasteiger partial charge >= 0.3 is 6.01 Å². The fraction of sp³-hybridized carbons (Fsp3) is 0.0870. The number of aromatic nitrogens is 2. The quantitative estimate of drug-likeness (QED) is 0.461. The summed E-state index contributed by atoms with van der Waals surface area (Å²) in [6.07, 6.45) is 6.46. The van der Waals surface area contributed by atoms with E-state index >= 15 is 0 Å². The van der Waals surface area contributed by atoms with E-state index < -0.39 is 0 Å². The van der Waals surface area contributed by atoms with Gasteiger partial charge in [-0.05, 0) is 48.0 Å². The van der Waals surface area contributed by atoms with Gasteiger partial charge < -0.3 is 14.5 Å². The Morgan fingerprint density at radius 3 is 2.55 bits per heavy atom. The smallest absolute Gasteiger partial charge is 0.306 e. The van der Waals surface area contributed by atoms with Gasteiger partial charge in [-0.15, -0.1) is 0 Å². The average molecular weight is 418 g/mol. The minimum atomic E-state index is -0.341. The highest BCUT2D eigenvalue weighted by molar-refractivity contribution is 5.93. The second-order valence-electron chi connectivity index (χ2n) is 6.59. The third-order valence-corrected chi connectivity index (χ3v) is 4.51. The van der Waals surface area contributed by atoms with Crippen molar-refractivity contribution in [2.24, 2.45) is 0 Å². The van der Waals surface area contributed by atoms with Crippen LogP contribution in [0.1, 0.15) is 5.56 Å². The molecule has 0 bridgehead atoms. The third kappa shape index (κ3) is 4.69. The summed E-state index contributed by atoms with van der Waals surface area (Å²) in [5, 5.41) is 2.87. The summed E-state index contributed by atoms with van der Waals surface area (Å²) in [5.74, 6) is -0.00690. The lowest BCUT2D eigenvalue weighted by Gasteiger charge is -2.23. The molecule has 2 aromatic carbocycles. The molecule has 1 amide bonds. The molecule has 1 N–H and O–H groups in total. The Bertz CT molecular complexity index is 1150. The van der Waals surface area contributed by atoms with Crippen LogP contribution in [0.2, 0.25) is 0 Å². The van der Waals surface area contributed by atoms with Crippen LogP contribution in [0.5, 0.6) is 5.75 Å². The molecule has 0 saturated carbocycles. The van der Waals surface area contributed by atoms with Crippen molar-refractivity contribution < 1.29 is 18.3 Å². The van der Waals surface area contributed by atoms with E-state index in [1.165, 1.54) is 18.4 Å². The minimum absolute atomic E-state index is 0.120. The summed E-state index contributed by atoms with van der Waals surface area (Å²) >= 11 is 0. The van der Waals surface area contributed by atoms with Crippen molar-refractivity contribution in [2.45, 2.75) is 6.42 Å². The van der Waals surface area contributed by atoms with Crippen LogP contribution in [0, 0.1) is 5.82 Å². The number of hydrogen-bond donors (Lipinski definition) is 1. The van der Waals surface area contributed by atoms with Crippen LogP contribution in [0.15, 0.2) is 83.9 Å². The van der Waals surface area contributed by atoms with Crippen LogP contribution in [0.3, 0.4) is 0 Å². The Kier molecular flexibility index (Phi) is 5.89. The van der Waals surface area contributed by atoms with Crippen molar-refractivity contribution in [1.82, 2.24) is 9.97 Å². The highest BCUT2D eigenvalue weighted by Crippen LogP contribution is 2.40. The van der Waals surface area contributed by atoms with Crippen molar-refractivity contribution in [3.8, 4) is 5.75 Å². The number of nitrogens with one attached hydrogen (secondary N) is 1. The first-order valence-corrected chi connectivity index (χ1v) is 9.46.